The first-order valence-electron chi connectivity index (χ1n) is 6.46. The number of pyridine rings is 1. The second-order valence-corrected chi connectivity index (χ2v) is 4.94. The van der Waals surface area contributed by atoms with Crippen LogP contribution in [0.25, 0.3) is 5.65 Å². The van der Waals surface area contributed by atoms with Crippen LogP contribution >= 0.6 is 0 Å². The van der Waals surface area contributed by atoms with Crippen molar-refractivity contribution in [3.63, 3.8) is 0 Å². The summed E-state index contributed by atoms with van der Waals surface area (Å²) in [6.45, 7) is 2.76. The maximum Gasteiger partial charge on any atom is 0.352 e. The molecule has 0 aromatic carbocycles. The van der Waals surface area contributed by atoms with Crippen molar-refractivity contribution in [2.24, 2.45) is 0 Å². The number of nitro groups is 1. The number of hydrogen-bond acceptors (Lipinski definition) is 5. The highest BCUT2D eigenvalue weighted by molar-refractivity contribution is 5.48. The van der Waals surface area contributed by atoms with E-state index in [9.17, 15) is 15.2 Å². The van der Waals surface area contributed by atoms with Gasteiger partial charge in [-0.2, -0.15) is 4.40 Å². The molecule has 1 unspecified atom stereocenters. The molecule has 108 valence electrons. The Kier molecular flexibility index (Phi) is 4.31. The summed E-state index contributed by atoms with van der Waals surface area (Å²) in [6.07, 6.45) is 1.88. The Balaban J connectivity index is 2.25. The summed E-state index contributed by atoms with van der Waals surface area (Å²) >= 11 is 0. The van der Waals surface area contributed by atoms with Gasteiger partial charge in [0.25, 0.3) is 0 Å². The standard InChI is InChI=1S/C13H18N4O3/c1-10(18)6-8-15(2)9-11-13(17(19)20)16-7-4-3-5-12(16)14-11/h3-5,7,10,18H,6,8-9H2,1-2H3. The summed E-state index contributed by atoms with van der Waals surface area (Å²) in [6, 6.07) is 5.28. The molecule has 2 heterocycles. The first kappa shape index (κ1) is 14.4. The molecule has 0 saturated heterocycles. The molecule has 7 nitrogen and oxygen atoms in total. The zero-order chi connectivity index (χ0) is 14.7. The van der Waals surface area contributed by atoms with Crippen LogP contribution in [0.15, 0.2) is 24.4 Å². The molecule has 1 N–H and O–H groups in total. The number of rotatable bonds is 6. The lowest BCUT2D eigenvalue weighted by atomic mass is 10.2. The fourth-order valence-corrected chi connectivity index (χ4v) is 2.07. The number of imidazole rings is 1. The van der Waals surface area contributed by atoms with Crippen molar-refractivity contribution in [2.45, 2.75) is 26.0 Å². The van der Waals surface area contributed by atoms with E-state index in [1.807, 2.05) is 11.9 Å². The molecule has 0 aliphatic rings. The molecule has 2 aromatic rings. The quantitative estimate of drug-likeness (QED) is 0.638. The van der Waals surface area contributed by atoms with E-state index in [4.69, 9.17) is 0 Å². The van der Waals surface area contributed by atoms with E-state index in [-0.39, 0.29) is 11.9 Å². The molecule has 2 rings (SSSR count). The number of aliphatic hydroxyl groups excluding tert-OH is 1. The third-order valence-corrected chi connectivity index (χ3v) is 3.10. The third kappa shape index (κ3) is 3.12. The molecule has 0 radical (unpaired) electrons. The minimum absolute atomic E-state index is 0.00416. The second-order valence-electron chi connectivity index (χ2n) is 4.94. The number of hydrogen-bond donors (Lipinski definition) is 1. The monoisotopic (exact) mass is 278 g/mol. The largest absolute Gasteiger partial charge is 0.393 e. The molecule has 0 bridgehead atoms. The van der Waals surface area contributed by atoms with E-state index in [0.717, 1.165) is 0 Å². The van der Waals surface area contributed by atoms with Crippen molar-refractivity contribution in [1.29, 1.82) is 0 Å². The van der Waals surface area contributed by atoms with E-state index in [0.29, 0.717) is 30.9 Å². The molecule has 0 amide bonds. The summed E-state index contributed by atoms with van der Waals surface area (Å²) in [7, 11) is 1.86. The van der Waals surface area contributed by atoms with Gasteiger partial charge in [-0.3, -0.25) is 0 Å². The highest BCUT2D eigenvalue weighted by atomic mass is 16.6. The van der Waals surface area contributed by atoms with Gasteiger partial charge in [0.1, 0.15) is 0 Å². The number of nitrogens with zero attached hydrogens (tertiary/aromatic N) is 4. The van der Waals surface area contributed by atoms with Gasteiger partial charge in [-0.05, 0) is 31.4 Å². The highest BCUT2D eigenvalue weighted by Crippen LogP contribution is 2.21. The van der Waals surface area contributed by atoms with Gasteiger partial charge in [0.15, 0.2) is 5.69 Å². The van der Waals surface area contributed by atoms with E-state index >= 15 is 0 Å². The van der Waals surface area contributed by atoms with Crippen molar-refractivity contribution in [2.75, 3.05) is 13.6 Å². The topological polar surface area (TPSA) is 83.9 Å². The van der Waals surface area contributed by atoms with Crippen LogP contribution in [0.4, 0.5) is 5.82 Å². The molecular formula is C13H18N4O3. The van der Waals surface area contributed by atoms with E-state index in [2.05, 4.69) is 4.98 Å². The van der Waals surface area contributed by atoms with Crippen LogP contribution < -0.4 is 0 Å². The highest BCUT2D eigenvalue weighted by Gasteiger charge is 2.22. The van der Waals surface area contributed by atoms with Crippen molar-refractivity contribution in [1.82, 2.24) is 14.3 Å². The van der Waals surface area contributed by atoms with Gasteiger partial charge in [0, 0.05) is 19.2 Å². The predicted molar refractivity (Wildman–Crippen MR) is 74.5 cm³/mol. The van der Waals surface area contributed by atoms with Crippen LogP contribution in [0.3, 0.4) is 0 Å². The molecule has 1 atom stereocenters. The average molecular weight is 278 g/mol. The van der Waals surface area contributed by atoms with E-state index in [1.54, 1.807) is 31.3 Å². The molecule has 0 fully saturated rings. The summed E-state index contributed by atoms with van der Waals surface area (Å²) in [5, 5.41) is 20.5. The van der Waals surface area contributed by atoms with Crippen molar-refractivity contribution < 1.29 is 10.0 Å². The van der Waals surface area contributed by atoms with E-state index in [1.165, 1.54) is 4.40 Å². The number of fused-ring (bicyclic) bond motifs is 1. The molecule has 0 saturated carbocycles. The lowest BCUT2D eigenvalue weighted by molar-refractivity contribution is -0.391. The smallest absolute Gasteiger partial charge is 0.352 e. The maximum absolute atomic E-state index is 11.2. The summed E-state index contributed by atoms with van der Waals surface area (Å²) in [4.78, 5) is 17.1. The Labute approximate surface area is 116 Å². The Morgan fingerprint density at radius 3 is 2.95 bits per heavy atom. The van der Waals surface area contributed by atoms with Gasteiger partial charge in [0.2, 0.25) is 5.65 Å². The van der Waals surface area contributed by atoms with E-state index < -0.39 is 4.92 Å². The minimum Gasteiger partial charge on any atom is -0.393 e. The molecule has 2 aromatic heterocycles. The van der Waals surface area contributed by atoms with Crippen molar-refractivity contribution in [3.05, 3.63) is 40.2 Å². The summed E-state index contributed by atoms with van der Waals surface area (Å²) in [5.74, 6) is 0.00416. The normalized spacial score (nSPS) is 13.0. The van der Waals surface area contributed by atoms with Crippen LogP contribution in [-0.2, 0) is 6.54 Å². The lowest BCUT2D eigenvalue weighted by Crippen LogP contribution is -2.22. The fourth-order valence-electron chi connectivity index (χ4n) is 2.07. The Morgan fingerprint density at radius 2 is 2.30 bits per heavy atom. The predicted octanol–water partition coefficient (Wildman–Crippen LogP) is 1.45. The molecule has 0 aliphatic heterocycles. The van der Waals surface area contributed by atoms with Gasteiger partial charge >= 0.3 is 5.82 Å². The zero-order valence-electron chi connectivity index (χ0n) is 11.6. The summed E-state index contributed by atoms with van der Waals surface area (Å²) in [5.41, 5.74) is 1.01. The minimum atomic E-state index is -0.405. The second kappa shape index (κ2) is 5.98. The van der Waals surface area contributed by atoms with Gasteiger partial charge < -0.3 is 20.1 Å². The maximum atomic E-state index is 11.2. The zero-order valence-corrected chi connectivity index (χ0v) is 11.6. The van der Waals surface area contributed by atoms with Crippen LogP contribution in [0.2, 0.25) is 0 Å². The third-order valence-electron chi connectivity index (χ3n) is 3.10. The molecular weight excluding hydrogens is 260 g/mol. The average Bonchev–Trinajstić information content (AvgIpc) is 2.74. The molecule has 0 spiro atoms. The number of aliphatic hydroxyl groups is 1. The van der Waals surface area contributed by atoms with Crippen molar-refractivity contribution >= 4 is 11.5 Å². The Hall–Kier alpha value is -1.99. The molecule has 20 heavy (non-hydrogen) atoms. The van der Waals surface area contributed by atoms with Crippen LogP contribution in [0.5, 0.6) is 0 Å². The Morgan fingerprint density at radius 1 is 1.55 bits per heavy atom. The Bertz CT molecular complexity index is 609. The SMILES string of the molecule is CC(O)CCN(C)Cc1nc2ccccn2c1[N+](=O)[O-]. The van der Waals surface area contributed by atoms with Crippen LogP contribution in [-0.4, -0.2) is 44.0 Å². The first-order chi connectivity index (χ1) is 9.49. The van der Waals surface area contributed by atoms with Gasteiger partial charge in [-0.15, -0.1) is 0 Å². The van der Waals surface area contributed by atoms with Gasteiger partial charge in [0.05, 0.1) is 12.3 Å². The van der Waals surface area contributed by atoms with Crippen LogP contribution in [0.1, 0.15) is 19.0 Å². The first-order valence-corrected chi connectivity index (χ1v) is 6.46. The van der Waals surface area contributed by atoms with Gasteiger partial charge in [-0.25, -0.2) is 4.98 Å². The summed E-state index contributed by atoms with van der Waals surface area (Å²) < 4.78 is 1.48. The molecule has 0 aliphatic carbocycles. The number of aromatic nitrogens is 2. The molecule has 7 heteroatoms. The van der Waals surface area contributed by atoms with Crippen LogP contribution in [0, 0.1) is 10.1 Å². The van der Waals surface area contributed by atoms with Crippen molar-refractivity contribution in [3.8, 4) is 0 Å². The lowest BCUT2D eigenvalue weighted by Gasteiger charge is -2.15. The van der Waals surface area contributed by atoms with Gasteiger partial charge in [-0.1, -0.05) is 6.07 Å². The fraction of sp³-hybridized carbons (Fsp3) is 0.462.